The van der Waals surface area contributed by atoms with Crippen LogP contribution in [-0.4, -0.2) is 30.6 Å². The van der Waals surface area contributed by atoms with Gasteiger partial charge in [-0.1, -0.05) is 27.2 Å². The number of rotatable bonds is 2. The van der Waals surface area contributed by atoms with E-state index >= 15 is 0 Å². The number of carbonyl (C=O) groups is 2. The van der Waals surface area contributed by atoms with E-state index < -0.39 is 11.4 Å². The first-order valence-corrected chi connectivity index (χ1v) is 9.65. The van der Waals surface area contributed by atoms with Gasteiger partial charge in [-0.2, -0.15) is 0 Å². The average Bonchev–Trinajstić information content (AvgIpc) is 2.71. The maximum atomic E-state index is 13.2. The van der Waals surface area contributed by atoms with E-state index in [1.165, 1.54) is 26.0 Å². The van der Waals surface area contributed by atoms with Gasteiger partial charge in [0.05, 0.1) is 19.1 Å². The van der Waals surface area contributed by atoms with Gasteiger partial charge in [0.1, 0.15) is 0 Å². The van der Waals surface area contributed by atoms with Crippen molar-refractivity contribution in [2.24, 2.45) is 28.1 Å². The molecule has 25 heavy (non-hydrogen) atoms. The van der Waals surface area contributed by atoms with Gasteiger partial charge in [-0.25, -0.2) is 4.79 Å². The lowest BCUT2D eigenvalue weighted by molar-refractivity contribution is -0.164. The Morgan fingerprint density at radius 1 is 1.20 bits per heavy atom. The molecule has 4 heteroatoms. The number of hydrogen-bond acceptors (Lipinski definition) is 4. The highest BCUT2D eigenvalue weighted by Crippen LogP contribution is 2.66. The van der Waals surface area contributed by atoms with E-state index in [0.29, 0.717) is 17.9 Å². The molecule has 0 radical (unpaired) electrons. The van der Waals surface area contributed by atoms with Crippen LogP contribution in [-0.2, 0) is 14.3 Å². The number of carbonyl (C=O) groups excluding carboxylic acids is 2. The Kier molecular flexibility index (Phi) is 4.64. The second-order valence-electron chi connectivity index (χ2n) is 9.37. The molecule has 4 atom stereocenters. The summed E-state index contributed by atoms with van der Waals surface area (Å²) in [5, 5.41) is 10.3. The first kappa shape index (κ1) is 18.6. The SMILES string of the molecule is COC(=O)C1=CC(=O)C2(CO)CCC3C(C)(C)CCCC3(C)C2CC1. The van der Waals surface area contributed by atoms with E-state index in [0.717, 1.165) is 25.7 Å². The van der Waals surface area contributed by atoms with Gasteiger partial charge >= 0.3 is 5.97 Å². The van der Waals surface area contributed by atoms with E-state index in [2.05, 4.69) is 20.8 Å². The number of aliphatic hydroxyl groups is 1. The number of hydrogen-bond donors (Lipinski definition) is 1. The molecule has 3 aliphatic rings. The topological polar surface area (TPSA) is 63.6 Å². The molecule has 0 spiro atoms. The summed E-state index contributed by atoms with van der Waals surface area (Å²) in [6.07, 6.45) is 8.02. The van der Waals surface area contributed by atoms with Crippen LogP contribution in [0.1, 0.15) is 65.7 Å². The summed E-state index contributed by atoms with van der Waals surface area (Å²) in [6.45, 7) is 6.93. The summed E-state index contributed by atoms with van der Waals surface area (Å²) in [7, 11) is 1.36. The third-order valence-electron chi connectivity index (χ3n) is 7.85. The second-order valence-corrected chi connectivity index (χ2v) is 9.37. The fraction of sp³-hybridized carbons (Fsp3) is 0.810. The van der Waals surface area contributed by atoms with E-state index in [1.54, 1.807) is 0 Å². The Balaban J connectivity index is 2.04. The minimum absolute atomic E-state index is 0.0395. The molecule has 3 rings (SSSR count). The molecule has 2 saturated carbocycles. The summed E-state index contributed by atoms with van der Waals surface area (Å²) in [5.41, 5.74) is 0.0411. The molecule has 0 bridgehead atoms. The number of fused-ring (bicyclic) bond motifs is 3. The van der Waals surface area contributed by atoms with Crippen molar-refractivity contribution in [1.82, 2.24) is 0 Å². The van der Waals surface area contributed by atoms with Crippen molar-refractivity contribution in [1.29, 1.82) is 0 Å². The van der Waals surface area contributed by atoms with Crippen molar-refractivity contribution < 1.29 is 19.4 Å². The molecule has 4 unspecified atom stereocenters. The minimum atomic E-state index is -0.728. The van der Waals surface area contributed by atoms with Crippen LogP contribution >= 0.6 is 0 Å². The van der Waals surface area contributed by atoms with Crippen molar-refractivity contribution in [3.8, 4) is 0 Å². The summed E-state index contributed by atoms with van der Waals surface area (Å²) < 4.78 is 4.86. The predicted molar refractivity (Wildman–Crippen MR) is 95.8 cm³/mol. The quantitative estimate of drug-likeness (QED) is 0.773. The molecule has 3 aliphatic carbocycles. The van der Waals surface area contributed by atoms with E-state index in [1.807, 2.05) is 0 Å². The van der Waals surface area contributed by atoms with Gasteiger partial charge in [-0.15, -0.1) is 0 Å². The van der Waals surface area contributed by atoms with E-state index in [4.69, 9.17) is 4.74 Å². The van der Waals surface area contributed by atoms with Gasteiger partial charge in [-0.05, 0) is 67.3 Å². The van der Waals surface area contributed by atoms with Gasteiger partial charge in [-0.3, -0.25) is 4.79 Å². The van der Waals surface area contributed by atoms with Gasteiger partial charge in [0, 0.05) is 5.57 Å². The fourth-order valence-electron chi connectivity index (χ4n) is 6.65. The smallest absolute Gasteiger partial charge is 0.333 e. The van der Waals surface area contributed by atoms with Crippen LogP contribution in [0.2, 0.25) is 0 Å². The largest absolute Gasteiger partial charge is 0.466 e. The number of esters is 1. The number of ether oxygens (including phenoxy) is 1. The third-order valence-corrected chi connectivity index (χ3v) is 7.85. The van der Waals surface area contributed by atoms with Crippen molar-refractivity contribution in [3.63, 3.8) is 0 Å². The summed E-state index contributed by atoms with van der Waals surface area (Å²) >= 11 is 0. The molecule has 2 fully saturated rings. The lowest BCUT2D eigenvalue weighted by Gasteiger charge is -2.62. The number of methoxy groups -OCH3 is 1. The average molecular weight is 348 g/mol. The molecule has 0 aromatic carbocycles. The van der Waals surface area contributed by atoms with Crippen LogP contribution in [0.4, 0.5) is 0 Å². The normalized spacial score (nSPS) is 40.4. The Morgan fingerprint density at radius 3 is 2.56 bits per heavy atom. The molecule has 0 aromatic heterocycles. The zero-order valence-corrected chi connectivity index (χ0v) is 16.1. The van der Waals surface area contributed by atoms with Crippen LogP contribution in [0.5, 0.6) is 0 Å². The Hall–Kier alpha value is -1.16. The molecule has 0 aliphatic heterocycles. The first-order valence-electron chi connectivity index (χ1n) is 9.65. The fourth-order valence-corrected chi connectivity index (χ4v) is 6.65. The molecule has 0 heterocycles. The molecule has 140 valence electrons. The molecule has 0 aromatic rings. The van der Waals surface area contributed by atoms with Crippen molar-refractivity contribution in [2.75, 3.05) is 13.7 Å². The Bertz CT molecular complexity index is 605. The highest BCUT2D eigenvalue weighted by molar-refractivity contribution is 6.03. The maximum absolute atomic E-state index is 13.2. The first-order chi connectivity index (χ1) is 11.7. The predicted octanol–water partition coefficient (Wildman–Crippen LogP) is 3.67. The van der Waals surface area contributed by atoms with Gasteiger partial charge in [0.15, 0.2) is 5.78 Å². The number of ketones is 1. The van der Waals surface area contributed by atoms with Crippen LogP contribution in [0.25, 0.3) is 0 Å². The summed E-state index contributed by atoms with van der Waals surface area (Å²) in [4.78, 5) is 25.2. The third kappa shape index (κ3) is 2.68. The van der Waals surface area contributed by atoms with Gasteiger partial charge in [0.25, 0.3) is 0 Å². The maximum Gasteiger partial charge on any atom is 0.333 e. The molecular weight excluding hydrogens is 316 g/mol. The van der Waals surface area contributed by atoms with E-state index in [9.17, 15) is 14.7 Å². The molecule has 0 amide bonds. The van der Waals surface area contributed by atoms with Crippen LogP contribution < -0.4 is 0 Å². The molecule has 0 saturated heterocycles. The Labute approximate surface area is 151 Å². The van der Waals surface area contributed by atoms with E-state index in [-0.39, 0.29) is 29.1 Å². The summed E-state index contributed by atoms with van der Waals surface area (Å²) in [5.74, 6) is 0.201. The van der Waals surface area contributed by atoms with Gasteiger partial charge < -0.3 is 9.84 Å². The molecule has 1 N–H and O–H groups in total. The lowest BCUT2D eigenvalue weighted by Crippen LogP contribution is -2.58. The minimum Gasteiger partial charge on any atom is -0.466 e. The van der Waals surface area contributed by atoms with Gasteiger partial charge in [0.2, 0.25) is 0 Å². The standard InChI is InChI=1S/C21H32O4/c1-19(2)9-5-10-20(3)15(19)8-11-21(13-22)16(20)7-6-14(12-17(21)23)18(24)25-4/h12,15-16,22H,5-11,13H2,1-4H3. The number of allylic oxidation sites excluding steroid dienone is 1. The van der Waals surface area contributed by atoms with Crippen molar-refractivity contribution in [3.05, 3.63) is 11.6 Å². The van der Waals surface area contributed by atoms with Crippen molar-refractivity contribution in [2.45, 2.75) is 65.7 Å². The van der Waals surface area contributed by atoms with Crippen LogP contribution in [0, 0.1) is 28.1 Å². The monoisotopic (exact) mass is 348 g/mol. The lowest BCUT2D eigenvalue weighted by atomic mass is 9.42. The zero-order valence-electron chi connectivity index (χ0n) is 16.1. The van der Waals surface area contributed by atoms with Crippen molar-refractivity contribution >= 4 is 11.8 Å². The van der Waals surface area contributed by atoms with Crippen LogP contribution in [0.3, 0.4) is 0 Å². The molecular formula is C21H32O4. The Morgan fingerprint density at radius 2 is 1.92 bits per heavy atom. The second kappa shape index (κ2) is 6.22. The zero-order chi connectivity index (χ0) is 18.5. The highest BCUT2D eigenvalue weighted by atomic mass is 16.5. The van der Waals surface area contributed by atoms with Crippen LogP contribution in [0.15, 0.2) is 11.6 Å². The summed E-state index contributed by atoms with van der Waals surface area (Å²) in [6, 6.07) is 0. The number of aliphatic hydroxyl groups excluding tert-OH is 1. The molecule has 4 nitrogen and oxygen atoms in total. The highest BCUT2D eigenvalue weighted by Gasteiger charge is 2.61.